The summed E-state index contributed by atoms with van der Waals surface area (Å²) in [6, 6.07) is 0. The summed E-state index contributed by atoms with van der Waals surface area (Å²) >= 11 is 0. The minimum absolute atomic E-state index is 0.212. The van der Waals surface area contributed by atoms with Gasteiger partial charge >= 0.3 is 0 Å². The van der Waals surface area contributed by atoms with Crippen LogP contribution in [-0.2, 0) is 0 Å². The van der Waals surface area contributed by atoms with Crippen LogP contribution in [0.5, 0.6) is 0 Å². The maximum atomic E-state index is 2.89. The van der Waals surface area contributed by atoms with Crippen molar-refractivity contribution in [2.75, 3.05) is 0 Å². The highest BCUT2D eigenvalue weighted by Gasteiger charge is 2.87. The van der Waals surface area contributed by atoms with Gasteiger partial charge < -0.3 is 0 Å². The molecule has 0 saturated heterocycles. The minimum atomic E-state index is 0.212. The van der Waals surface area contributed by atoms with Crippen LogP contribution in [0, 0.1) is 113 Å². The number of rotatable bonds is 4. The zero-order valence-corrected chi connectivity index (χ0v) is 36.2. The van der Waals surface area contributed by atoms with E-state index in [0.29, 0.717) is 58.2 Å². The Morgan fingerprint density at radius 1 is 0.500 bits per heavy atom. The van der Waals surface area contributed by atoms with Crippen molar-refractivity contribution in [2.24, 2.45) is 113 Å². The predicted octanol–water partition coefficient (Wildman–Crippen LogP) is 14.3. The van der Waals surface area contributed by atoms with Crippen molar-refractivity contribution in [2.45, 2.75) is 179 Å². The molecule has 0 nitrogen and oxygen atoms in total. The fraction of sp³-hybridized carbons (Fsp3) is 1.00. The molecule has 0 aromatic carbocycles. The highest BCUT2D eigenvalue weighted by molar-refractivity contribution is 5.34. The molecule has 4 saturated carbocycles. The number of hydrogen-bond donors (Lipinski definition) is 0. The van der Waals surface area contributed by atoms with Gasteiger partial charge in [0, 0.05) is 0 Å². The van der Waals surface area contributed by atoms with E-state index in [2.05, 4.69) is 166 Å². The van der Waals surface area contributed by atoms with Gasteiger partial charge in [-0.3, -0.25) is 0 Å². The second-order valence-corrected chi connectivity index (χ2v) is 23.2. The Kier molecular flexibility index (Phi) is 8.68. The zero-order chi connectivity index (χ0) is 36.2. The Hall–Kier alpha value is 0. The summed E-state index contributed by atoms with van der Waals surface area (Å²) in [5, 5.41) is 0. The molecule has 46 heavy (non-hydrogen) atoms. The van der Waals surface area contributed by atoms with Gasteiger partial charge in [0.2, 0.25) is 0 Å². The Labute approximate surface area is 291 Å². The lowest BCUT2D eigenvalue weighted by Gasteiger charge is -2.86. The number of fused-ring (bicyclic) bond motifs is 5. The lowest BCUT2D eigenvalue weighted by atomic mass is 9.18. The monoisotopic (exact) mass is 639 g/mol. The van der Waals surface area contributed by atoms with E-state index in [9.17, 15) is 0 Å². The van der Waals surface area contributed by atoms with Crippen LogP contribution in [0.4, 0.5) is 0 Å². The quantitative estimate of drug-likeness (QED) is 0.287. The molecule has 4 rings (SSSR count). The lowest BCUT2D eigenvalue weighted by molar-refractivity contribution is -0.390. The van der Waals surface area contributed by atoms with Crippen LogP contribution in [0.25, 0.3) is 0 Å². The summed E-state index contributed by atoms with van der Waals surface area (Å²) in [5.41, 5.74) is 2.57. The first kappa shape index (κ1) is 38.8. The summed E-state index contributed by atoms with van der Waals surface area (Å²) in [4.78, 5) is 0. The molecule has 0 spiro atoms. The van der Waals surface area contributed by atoms with Crippen molar-refractivity contribution in [3.8, 4) is 0 Å². The van der Waals surface area contributed by atoms with E-state index in [1.165, 1.54) is 12.8 Å². The average molecular weight is 639 g/mol. The lowest BCUT2D eigenvalue weighted by Crippen LogP contribution is -2.81. The van der Waals surface area contributed by atoms with Gasteiger partial charge in [-0.15, -0.1) is 0 Å². The topological polar surface area (TPSA) is 0 Å². The molecule has 0 heteroatoms. The first-order valence-electron chi connectivity index (χ1n) is 20.3. The highest BCUT2D eigenvalue weighted by atomic mass is 14.9. The fourth-order valence-corrected chi connectivity index (χ4v) is 17.6. The van der Waals surface area contributed by atoms with Gasteiger partial charge in [-0.1, -0.05) is 166 Å². The third-order valence-electron chi connectivity index (χ3n) is 22.8. The Bertz CT molecular complexity index is 1180. The molecular weight excluding hydrogens is 553 g/mol. The summed E-state index contributed by atoms with van der Waals surface area (Å²) in [6.45, 7) is 64.8. The van der Waals surface area contributed by atoms with Gasteiger partial charge in [0.25, 0.3) is 0 Å². The molecule has 4 fully saturated rings. The first-order chi connectivity index (χ1) is 20.3. The normalized spacial score (nSPS) is 56.9. The molecule has 4 aliphatic rings. The van der Waals surface area contributed by atoms with Crippen LogP contribution >= 0.6 is 0 Å². The standard InChI is InChI=1S/C46H86/c1-27-25-40(18)42(20,39(16,17)29(27)3)32(6)35(9)45(23)43(40,21)33(7)34(8)44(22)41(19,30(4)31(5)46(44,45)24)28(2)26-38(14,15)36(10)37(11,12)13/h27-36H,25-26H2,1-24H3/t27?,28?,29?,30?,31?,32?,33?,34?,35?,36?,40-,41?,42?,43?,44+,45?,46?/m0/s1. The molecule has 0 radical (unpaired) electrons. The van der Waals surface area contributed by atoms with E-state index in [1.54, 1.807) is 0 Å². The van der Waals surface area contributed by atoms with Gasteiger partial charge in [0.1, 0.15) is 0 Å². The Morgan fingerprint density at radius 3 is 1.33 bits per heavy atom. The van der Waals surface area contributed by atoms with Crippen molar-refractivity contribution in [1.82, 2.24) is 0 Å². The molecule has 0 amide bonds. The SMILES string of the molecule is CC1C[C@@]2(C)C(C)(C(C)C(C)C3(C)C2(C)C(C)C(C)[C@]2(C)C(C)(C(C)CC(C)(C)C(C)C(C)(C)C)C(C)C(C)C32C)C(C)(C)C1C. The van der Waals surface area contributed by atoms with Gasteiger partial charge in [0.05, 0.1) is 0 Å². The summed E-state index contributed by atoms with van der Waals surface area (Å²) in [6.07, 6.45) is 2.68. The molecule has 0 N–H and O–H groups in total. The van der Waals surface area contributed by atoms with Crippen molar-refractivity contribution < 1.29 is 0 Å². The van der Waals surface area contributed by atoms with Crippen LogP contribution in [0.3, 0.4) is 0 Å². The van der Waals surface area contributed by atoms with Crippen LogP contribution in [0.1, 0.15) is 179 Å². The largest absolute Gasteiger partial charge is 0.0622 e. The van der Waals surface area contributed by atoms with E-state index < -0.39 is 0 Å². The summed E-state index contributed by atoms with van der Waals surface area (Å²) in [7, 11) is 0. The predicted molar refractivity (Wildman–Crippen MR) is 205 cm³/mol. The zero-order valence-electron chi connectivity index (χ0n) is 36.2. The molecule has 270 valence electrons. The second-order valence-electron chi connectivity index (χ2n) is 23.2. The van der Waals surface area contributed by atoms with Gasteiger partial charge in [-0.05, 0) is 126 Å². The molecule has 4 aliphatic carbocycles. The third kappa shape index (κ3) is 3.66. The van der Waals surface area contributed by atoms with Crippen LogP contribution in [0.15, 0.2) is 0 Å². The van der Waals surface area contributed by atoms with Crippen molar-refractivity contribution in [3.05, 3.63) is 0 Å². The number of hydrogen-bond acceptors (Lipinski definition) is 0. The Morgan fingerprint density at radius 2 is 0.870 bits per heavy atom. The molecule has 15 unspecified atom stereocenters. The molecule has 17 atom stereocenters. The molecule has 0 aromatic rings. The highest BCUT2D eigenvalue weighted by Crippen LogP contribution is 2.92. The van der Waals surface area contributed by atoms with E-state index >= 15 is 0 Å². The fourth-order valence-electron chi connectivity index (χ4n) is 17.6. The van der Waals surface area contributed by atoms with Crippen LogP contribution in [-0.4, -0.2) is 0 Å². The first-order valence-corrected chi connectivity index (χ1v) is 20.3. The molecule has 0 aromatic heterocycles. The van der Waals surface area contributed by atoms with E-state index in [1.807, 2.05) is 0 Å². The van der Waals surface area contributed by atoms with Crippen LogP contribution in [0.2, 0.25) is 0 Å². The minimum Gasteiger partial charge on any atom is -0.0622 e. The molecular formula is C46H86. The molecule has 0 aliphatic heterocycles. The summed E-state index contributed by atoms with van der Waals surface area (Å²) < 4.78 is 0. The maximum Gasteiger partial charge on any atom is -0.0173 e. The van der Waals surface area contributed by atoms with E-state index in [4.69, 9.17) is 0 Å². The van der Waals surface area contributed by atoms with Gasteiger partial charge in [-0.25, -0.2) is 0 Å². The van der Waals surface area contributed by atoms with Crippen molar-refractivity contribution >= 4 is 0 Å². The van der Waals surface area contributed by atoms with Crippen molar-refractivity contribution in [1.29, 1.82) is 0 Å². The average Bonchev–Trinajstić information content (AvgIpc) is 3.07. The Balaban J connectivity index is 2.03. The van der Waals surface area contributed by atoms with Gasteiger partial charge in [-0.2, -0.15) is 0 Å². The van der Waals surface area contributed by atoms with Gasteiger partial charge in [0.15, 0.2) is 0 Å². The summed E-state index contributed by atoms with van der Waals surface area (Å²) in [5.74, 6) is 6.77. The van der Waals surface area contributed by atoms with Crippen LogP contribution < -0.4 is 0 Å². The second kappa shape index (κ2) is 10.3. The van der Waals surface area contributed by atoms with Crippen molar-refractivity contribution in [3.63, 3.8) is 0 Å². The smallest absolute Gasteiger partial charge is 0.0173 e. The van der Waals surface area contributed by atoms with E-state index in [0.717, 1.165) is 11.8 Å². The third-order valence-corrected chi connectivity index (χ3v) is 22.8. The molecule has 0 bridgehead atoms. The molecule has 0 heterocycles. The maximum absolute atomic E-state index is 2.89. The van der Waals surface area contributed by atoms with E-state index in [-0.39, 0.29) is 43.3 Å².